The molecule has 0 atom stereocenters. The first-order valence-electron chi connectivity index (χ1n) is 15.1. The van der Waals surface area contributed by atoms with Gasteiger partial charge < -0.3 is 0 Å². The van der Waals surface area contributed by atoms with Gasteiger partial charge in [-0.1, -0.05) is 72.8 Å². The molecule has 0 radical (unpaired) electrons. The minimum atomic E-state index is 0.669. The molecule has 3 heterocycles. The molecule has 5 aromatic carbocycles. The summed E-state index contributed by atoms with van der Waals surface area (Å²) in [5, 5.41) is 13.8. The van der Waals surface area contributed by atoms with E-state index >= 15 is 0 Å². The number of hydrogen-bond donors (Lipinski definition) is 0. The quantitative estimate of drug-likeness (QED) is 0.201. The summed E-state index contributed by atoms with van der Waals surface area (Å²) in [5.74, 6) is 0. The van der Waals surface area contributed by atoms with Gasteiger partial charge in [0.2, 0.25) is 0 Å². The highest BCUT2D eigenvalue weighted by Crippen LogP contribution is 2.34. The van der Waals surface area contributed by atoms with Crippen LogP contribution in [-0.2, 0) is 0 Å². The van der Waals surface area contributed by atoms with Crippen LogP contribution in [0.25, 0.3) is 77.7 Å². The predicted molar refractivity (Wildman–Crippen MR) is 187 cm³/mol. The van der Waals surface area contributed by atoms with Crippen molar-refractivity contribution in [2.75, 3.05) is 0 Å². The first-order chi connectivity index (χ1) is 22.7. The SMILES string of the molecule is N#Cc1ccc(-c2ccc3cc(-c4ccc5cc(-c6cc(-c7ccccn7)nc(-c7ccccn7)c6)ccc5c4)ccc3c2)cc1. The molecule has 0 N–H and O–H groups in total. The number of fused-ring (bicyclic) bond motifs is 2. The number of aromatic nitrogens is 3. The highest BCUT2D eigenvalue weighted by atomic mass is 14.8. The van der Waals surface area contributed by atoms with Gasteiger partial charge in [-0.05, 0) is 128 Å². The van der Waals surface area contributed by atoms with Crippen molar-refractivity contribution in [2.24, 2.45) is 0 Å². The van der Waals surface area contributed by atoms with Gasteiger partial charge in [-0.15, -0.1) is 0 Å². The molecule has 0 amide bonds. The van der Waals surface area contributed by atoms with Crippen LogP contribution >= 0.6 is 0 Å². The van der Waals surface area contributed by atoms with E-state index in [4.69, 9.17) is 10.2 Å². The lowest BCUT2D eigenvalue weighted by molar-refractivity contribution is 1.22. The van der Waals surface area contributed by atoms with E-state index in [-0.39, 0.29) is 0 Å². The smallest absolute Gasteiger partial charge is 0.0991 e. The molecule has 214 valence electrons. The molecule has 0 fully saturated rings. The molecular weight excluding hydrogens is 560 g/mol. The van der Waals surface area contributed by atoms with Crippen LogP contribution in [0.3, 0.4) is 0 Å². The molecule has 3 aromatic heterocycles. The highest BCUT2D eigenvalue weighted by molar-refractivity contribution is 5.94. The fraction of sp³-hybridized carbons (Fsp3) is 0. The molecule has 0 spiro atoms. The summed E-state index contributed by atoms with van der Waals surface area (Å²) in [6.07, 6.45) is 3.59. The monoisotopic (exact) mass is 586 g/mol. The lowest BCUT2D eigenvalue weighted by Gasteiger charge is -2.11. The van der Waals surface area contributed by atoms with Crippen molar-refractivity contribution in [3.63, 3.8) is 0 Å². The zero-order valence-corrected chi connectivity index (χ0v) is 24.8. The van der Waals surface area contributed by atoms with E-state index in [0.29, 0.717) is 5.56 Å². The van der Waals surface area contributed by atoms with Crippen LogP contribution in [0.1, 0.15) is 5.56 Å². The third-order valence-electron chi connectivity index (χ3n) is 8.37. The molecular formula is C42H26N4. The maximum atomic E-state index is 9.11. The Morgan fingerprint density at radius 2 is 0.783 bits per heavy atom. The van der Waals surface area contributed by atoms with Crippen molar-refractivity contribution in [2.45, 2.75) is 0 Å². The van der Waals surface area contributed by atoms with Crippen LogP contribution < -0.4 is 0 Å². The van der Waals surface area contributed by atoms with Gasteiger partial charge in [0.05, 0.1) is 34.4 Å². The topological polar surface area (TPSA) is 62.5 Å². The van der Waals surface area contributed by atoms with Crippen LogP contribution in [-0.4, -0.2) is 15.0 Å². The Morgan fingerprint density at radius 3 is 1.20 bits per heavy atom. The third-order valence-corrected chi connectivity index (χ3v) is 8.37. The molecule has 0 aliphatic carbocycles. The summed E-state index contributed by atoms with van der Waals surface area (Å²) in [7, 11) is 0. The molecule has 0 bridgehead atoms. The zero-order valence-electron chi connectivity index (χ0n) is 24.8. The number of rotatable bonds is 5. The first kappa shape index (κ1) is 27.1. The Balaban J connectivity index is 1.13. The Hall–Kier alpha value is -6.44. The van der Waals surface area contributed by atoms with E-state index in [1.807, 2.05) is 60.7 Å². The Labute approximate surface area is 266 Å². The first-order valence-corrected chi connectivity index (χ1v) is 15.1. The van der Waals surface area contributed by atoms with E-state index < -0.39 is 0 Å². The van der Waals surface area contributed by atoms with Crippen LogP contribution in [0.4, 0.5) is 0 Å². The van der Waals surface area contributed by atoms with Crippen molar-refractivity contribution >= 4 is 21.5 Å². The summed E-state index contributed by atoms with van der Waals surface area (Å²) < 4.78 is 0. The third kappa shape index (κ3) is 5.27. The Kier molecular flexibility index (Phi) is 6.83. The van der Waals surface area contributed by atoms with Gasteiger partial charge in [0, 0.05) is 12.4 Å². The lowest BCUT2D eigenvalue weighted by atomic mass is 9.95. The Bertz CT molecular complexity index is 2350. The lowest BCUT2D eigenvalue weighted by Crippen LogP contribution is -1.94. The van der Waals surface area contributed by atoms with Gasteiger partial charge >= 0.3 is 0 Å². The summed E-state index contributed by atoms with van der Waals surface area (Å²) in [6, 6.07) is 52.3. The van der Waals surface area contributed by atoms with Crippen molar-refractivity contribution in [1.82, 2.24) is 15.0 Å². The molecule has 0 aliphatic rings. The summed E-state index contributed by atoms with van der Waals surface area (Å²) >= 11 is 0. The van der Waals surface area contributed by atoms with Gasteiger partial charge in [0.1, 0.15) is 0 Å². The van der Waals surface area contributed by atoms with E-state index in [9.17, 15) is 0 Å². The van der Waals surface area contributed by atoms with E-state index in [0.717, 1.165) is 45.0 Å². The van der Waals surface area contributed by atoms with Crippen molar-refractivity contribution in [3.05, 3.63) is 164 Å². The molecule has 0 saturated heterocycles. The summed E-state index contributed by atoms with van der Waals surface area (Å²) in [4.78, 5) is 14.0. The largest absolute Gasteiger partial charge is 0.255 e. The molecule has 4 heteroatoms. The van der Waals surface area contributed by atoms with E-state index in [2.05, 4.69) is 101 Å². The van der Waals surface area contributed by atoms with Gasteiger partial charge in [-0.25, -0.2) is 4.98 Å². The minimum absolute atomic E-state index is 0.669. The average Bonchev–Trinajstić information content (AvgIpc) is 3.14. The standard InChI is InChI=1S/C42H26N4/c43-27-28-7-9-29(10-8-28)30-11-12-32-22-33(14-13-31(32)21-30)34-15-16-36-24-37(18-17-35(36)23-34)38-25-41(39-5-1-3-19-44-39)46-42(26-38)40-6-2-4-20-45-40/h1-26H. The fourth-order valence-corrected chi connectivity index (χ4v) is 5.94. The maximum Gasteiger partial charge on any atom is 0.0991 e. The number of hydrogen-bond acceptors (Lipinski definition) is 4. The highest BCUT2D eigenvalue weighted by Gasteiger charge is 2.11. The second-order valence-corrected chi connectivity index (χ2v) is 11.3. The van der Waals surface area contributed by atoms with Crippen molar-refractivity contribution in [3.8, 4) is 62.2 Å². The second kappa shape index (κ2) is 11.6. The van der Waals surface area contributed by atoms with Gasteiger partial charge in [-0.3, -0.25) is 9.97 Å². The summed E-state index contributed by atoms with van der Waals surface area (Å²) in [5.41, 5.74) is 10.7. The molecule has 0 aliphatic heterocycles. The van der Waals surface area contributed by atoms with Gasteiger partial charge in [0.25, 0.3) is 0 Å². The van der Waals surface area contributed by atoms with Crippen LogP contribution in [0, 0.1) is 11.3 Å². The predicted octanol–water partition coefficient (Wildman–Crippen LogP) is 10.4. The number of benzene rings is 5. The van der Waals surface area contributed by atoms with Crippen LogP contribution in [0.15, 0.2) is 158 Å². The van der Waals surface area contributed by atoms with Crippen molar-refractivity contribution in [1.29, 1.82) is 5.26 Å². The average molecular weight is 587 g/mol. The zero-order chi connectivity index (χ0) is 30.9. The Morgan fingerprint density at radius 1 is 0.370 bits per heavy atom. The van der Waals surface area contributed by atoms with Gasteiger partial charge in [0.15, 0.2) is 0 Å². The van der Waals surface area contributed by atoms with Crippen LogP contribution in [0.5, 0.6) is 0 Å². The number of nitriles is 1. The van der Waals surface area contributed by atoms with Crippen molar-refractivity contribution < 1.29 is 0 Å². The van der Waals surface area contributed by atoms with E-state index in [1.54, 1.807) is 12.4 Å². The number of nitrogens with zero attached hydrogens (tertiary/aromatic N) is 4. The maximum absolute atomic E-state index is 9.11. The normalized spacial score (nSPS) is 11.0. The molecule has 8 rings (SSSR count). The fourth-order valence-electron chi connectivity index (χ4n) is 5.94. The second-order valence-electron chi connectivity index (χ2n) is 11.3. The molecule has 46 heavy (non-hydrogen) atoms. The molecule has 0 unspecified atom stereocenters. The molecule has 4 nitrogen and oxygen atoms in total. The van der Waals surface area contributed by atoms with E-state index in [1.165, 1.54) is 32.7 Å². The molecule has 0 saturated carbocycles. The summed E-state index contributed by atoms with van der Waals surface area (Å²) in [6.45, 7) is 0. The van der Waals surface area contributed by atoms with Crippen LogP contribution in [0.2, 0.25) is 0 Å². The minimum Gasteiger partial charge on any atom is -0.255 e. The van der Waals surface area contributed by atoms with Gasteiger partial charge in [-0.2, -0.15) is 5.26 Å². The molecule has 8 aromatic rings. The number of pyridine rings is 3.